The molecule has 1 unspecified atom stereocenters. The van der Waals surface area contributed by atoms with E-state index in [9.17, 15) is 14.7 Å². The van der Waals surface area contributed by atoms with E-state index in [-0.39, 0.29) is 35.8 Å². The zero-order valence-corrected chi connectivity index (χ0v) is 21.5. The summed E-state index contributed by atoms with van der Waals surface area (Å²) in [4.78, 5) is 24.9. The number of nitrogens with one attached hydrogen (secondary N) is 1. The zero-order valence-electron chi connectivity index (χ0n) is 20.8. The molecular formula is C26H34ClNO6. The number of amides is 1. The number of aliphatic carboxylic acids is 1. The van der Waals surface area contributed by atoms with Crippen molar-refractivity contribution in [3.8, 4) is 11.5 Å². The van der Waals surface area contributed by atoms with Crippen LogP contribution in [0.3, 0.4) is 0 Å². The Bertz CT molecular complexity index is 1020. The molecule has 0 saturated heterocycles. The van der Waals surface area contributed by atoms with Crippen LogP contribution in [0.25, 0.3) is 0 Å². The van der Waals surface area contributed by atoms with Crippen molar-refractivity contribution in [1.82, 2.24) is 5.32 Å². The average molecular weight is 492 g/mol. The van der Waals surface area contributed by atoms with Crippen LogP contribution in [0.2, 0.25) is 5.02 Å². The van der Waals surface area contributed by atoms with Gasteiger partial charge in [-0.25, -0.2) is 4.79 Å². The fourth-order valence-corrected chi connectivity index (χ4v) is 3.65. The normalized spacial score (nSPS) is 13.1. The Morgan fingerprint density at radius 3 is 2.15 bits per heavy atom. The lowest BCUT2D eigenvalue weighted by Gasteiger charge is -2.29. The van der Waals surface area contributed by atoms with Crippen molar-refractivity contribution in [3.05, 3.63) is 58.1 Å². The minimum absolute atomic E-state index is 0.0152. The molecule has 0 heterocycles. The molecule has 0 fully saturated rings. The van der Waals surface area contributed by atoms with Crippen LogP contribution < -0.4 is 14.8 Å². The summed E-state index contributed by atoms with van der Waals surface area (Å²) in [7, 11) is 0. The molecule has 34 heavy (non-hydrogen) atoms. The van der Waals surface area contributed by atoms with Gasteiger partial charge in [-0.2, -0.15) is 0 Å². The zero-order chi connectivity index (χ0) is 25.6. The van der Waals surface area contributed by atoms with Gasteiger partial charge < -0.3 is 24.6 Å². The van der Waals surface area contributed by atoms with Crippen molar-refractivity contribution in [1.29, 1.82) is 0 Å². The van der Waals surface area contributed by atoms with Crippen molar-refractivity contribution in [3.63, 3.8) is 0 Å². The van der Waals surface area contributed by atoms with E-state index in [1.807, 2.05) is 27.7 Å². The highest BCUT2D eigenvalue weighted by Crippen LogP contribution is 2.32. The van der Waals surface area contributed by atoms with Gasteiger partial charge in [0.25, 0.3) is 5.91 Å². The van der Waals surface area contributed by atoms with Gasteiger partial charge in [0, 0.05) is 12.1 Å². The Hall–Kier alpha value is -2.77. The standard InChI is InChI=1S/C26H34ClNO6/c1-15(2)32-20-9-10-21(22(27)13-20)24(29)28-14-18-12-19(8-11-23(18)33-16(3)4)26(7,25(30)31)34-17(5)6/h8-13,15-17H,14H2,1-7H3,(H,28,29)(H,30,31). The number of carboxylic acid groups (broad SMARTS) is 1. The molecule has 0 spiro atoms. The minimum Gasteiger partial charge on any atom is -0.491 e. The Kier molecular flexibility index (Phi) is 9.36. The van der Waals surface area contributed by atoms with E-state index < -0.39 is 11.6 Å². The maximum atomic E-state index is 12.8. The molecule has 0 aromatic heterocycles. The van der Waals surface area contributed by atoms with E-state index in [0.717, 1.165) is 0 Å². The fraction of sp³-hybridized carbons (Fsp3) is 0.462. The van der Waals surface area contributed by atoms with Crippen LogP contribution in [-0.4, -0.2) is 35.3 Å². The number of benzene rings is 2. The number of rotatable bonds is 11. The molecule has 1 atom stereocenters. The summed E-state index contributed by atoms with van der Waals surface area (Å²) in [5.74, 6) is -0.358. The van der Waals surface area contributed by atoms with Crippen molar-refractivity contribution in [2.45, 2.75) is 78.9 Å². The summed E-state index contributed by atoms with van der Waals surface area (Å²) in [6.45, 7) is 12.8. The maximum Gasteiger partial charge on any atom is 0.340 e. The molecule has 0 bridgehead atoms. The first kappa shape index (κ1) is 27.5. The number of carboxylic acids is 1. The summed E-state index contributed by atoms with van der Waals surface area (Å²) in [5.41, 5.74) is -0.185. The van der Waals surface area contributed by atoms with Crippen molar-refractivity contribution in [2.24, 2.45) is 0 Å². The first-order valence-corrected chi connectivity index (χ1v) is 11.7. The van der Waals surface area contributed by atoms with Crippen LogP contribution in [0.5, 0.6) is 11.5 Å². The third-order valence-electron chi connectivity index (χ3n) is 4.85. The number of ether oxygens (including phenoxy) is 3. The number of carbonyl (C=O) groups excluding carboxylic acids is 1. The van der Waals surface area contributed by atoms with Gasteiger partial charge in [-0.1, -0.05) is 17.7 Å². The van der Waals surface area contributed by atoms with Gasteiger partial charge in [-0.3, -0.25) is 4.79 Å². The van der Waals surface area contributed by atoms with Crippen LogP contribution in [0.4, 0.5) is 0 Å². The Balaban J connectivity index is 2.33. The smallest absolute Gasteiger partial charge is 0.340 e. The molecule has 2 aromatic rings. The second kappa shape index (κ2) is 11.6. The third kappa shape index (κ3) is 7.11. The molecule has 186 valence electrons. The third-order valence-corrected chi connectivity index (χ3v) is 5.16. The van der Waals surface area contributed by atoms with Gasteiger partial charge in [0.05, 0.1) is 28.9 Å². The van der Waals surface area contributed by atoms with Gasteiger partial charge in [0.1, 0.15) is 11.5 Å². The van der Waals surface area contributed by atoms with Gasteiger partial charge in [-0.05, 0) is 84.4 Å². The molecular weight excluding hydrogens is 458 g/mol. The quantitative estimate of drug-likeness (QED) is 0.426. The highest BCUT2D eigenvalue weighted by molar-refractivity contribution is 6.34. The largest absolute Gasteiger partial charge is 0.491 e. The second-order valence-corrected chi connectivity index (χ2v) is 9.39. The summed E-state index contributed by atoms with van der Waals surface area (Å²) >= 11 is 6.31. The highest BCUT2D eigenvalue weighted by Gasteiger charge is 2.38. The lowest BCUT2D eigenvalue weighted by atomic mass is 9.93. The lowest BCUT2D eigenvalue weighted by Crippen LogP contribution is -2.38. The van der Waals surface area contributed by atoms with Crippen LogP contribution in [-0.2, 0) is 21.7 Å². The number of hydrogen-bond donors (Lipinski definition) is 2. The molecule has 2 N–H and O–H groups in total. The monoisotopic (exact) mass is 491 g/mol. The topological polar surface area (TPSA) is 94.1 Å². The molecule has 0 aliphatic heterocycles. The molecule has 2 rings (SSSR count). The predicted molar refractivity (Wildman–Crippen MR) is 132 cm³/mol. The van der Waals surface area contributed by atoms with Crippen LogP contribution in [0.1, 0.15) is 70.0 Å². The van der Waals surface area contributed by atoms with Gasteiger partial charge >= 0.3 is 5.97 Å². The number of halogens is 1. The molecule has 7 nitrogen and oxygen atoms in total. The van der Waals surface area contributed by atoms with Gasteiger partial charge in [0.2, 0.25) is 0 Å². The first-order valence-electron chi connectivity index (χ1n) is 11.3. The van der Waals surface area contributed by atoms with E-state index in [1.165, 1.54) is 6.92 Å². The number of hydrogen-bond acceptors (Lipinski definition) is 5. The van der Waals surface area contributed by atoms with E-state index in [0.29, 0.717) is 28.2 Å². The summed E-state index contributed by atoms with van der Waals surface area (Å²) in [6.07, 6.45) is -0.430. The summed E-state index contributed by atoms with van der Waals surface area (Å²) in [6, 6.07) is 9.96. The van der Waals surface area contributed by atoms with Crippen molar-refractivity contribution < 1.29 is 28.9 Å². The number of carbonyl (C=O) groups is 2. The summed E-state index contributed by atoms with van der Waals surface area (Å²) in [5, 5.41) is 13.0. The molecule has 2 aromatic carbocycles. The Morgan fingerprint density at radius 1 is 0.971 bits per heavy atom. The van der Waals surface area contributed by atoms with Gasteiger partial charge in [-0.15, -0.1) is 0 Å². The predicted octanol–water partition coefficient (Wildman–Crippen LogP) is 5.57. The first-order chi connectivity index (χ1) is 15.8. The average Bonchev–Trinajstić information content (AvgIpc) is 2.71. The summed E-state index contributed by atoms with van der Waals surface area (Å²) < 4.78 is 17.3. The molecule has 0 saturated carbocycles. The van der Waals surface area contributed by atoms with E-state index in [1.54, 1.807) is 50.2 Å². The van der Waals surface area contributed by atoms with Crippen LogP contribution in [0.15, 0.2) is 36.4 Å². The highest BCUT2D eigenvalue weighted by atomic mass is 35.5. The second-order valence-electron chi connectivity index (χ2n) is 8.99. The van der Waals surface area contributed by atoms with Crippen molar-refractivity contribution >= 4 is 23.5 Å². The molecule has 1 amide bonds. The SMILES string of the molecule is CC(C)Oc1ccc(C(=O)NCc2cc(C(C)(OC(C)C)C(=O)O)ccc2OC(C)C)c(Cl)c1. The van der Waals surface area contributed by atoms with Crippen LogP contribution >= 0.6 is 11.6 Å². The van der Waals surface area contributed by atoms with Crippen LogP contribution in [0, 0.1) is 0 Å². The molecule has 8 heteroatoms. The lowest BCUT2D eigenvalue weighted by molar-refractivity contribution is -0.170. The molecule has 0 aliphatic rings. The van der Waals surface area contributed by atoms with E-state index in [4.69, 9.17) is 25.8 Å². The minimum atomic E-state index is -1.56. The fourth-order valence-electron chi connectivity index (χ4n) is 3.39. The van der Waals surface area contributed by atoms with Gasteiger partial charge in [0.15, 0.2) is 5.60 Å². The Labute approximate surface area is 206 Å². The van der Waals surface area contributed by atoms with E-state index in [2.05, 4.69) is 5.32 Å². The molecule has 0 radical (unpaired) electrons. The molecule has 0 aliphatic carbocycles. The van der Waals surface area contributed by atoms with Crippen molar-refractivity contribution in [2.75, 3.05) is 0 Å². The maximum absolute atomic E-state index is 12.8. The Morgan fingerprint density at radius 2 is 1.62 bits per heavy atom. The van der Waals surface area contributed by atoms with E-state index >= 15 is 0 Å².